The van der Waals surface area contributed by atoms with Crippen LogP contribution in [0.1, 0.15) is 30.2 Å². The van der Waals surface area contributed by atoms with Crippen LogP contribution in [-0.4, -0.2) is 22.2 Å². The molecule has 1 aromatic heterocycles. The molecular weight excluding hydrogens is 376 g/mol. The molecule has 4 nitrogen and oxygen atoms in total. The number of fused-ring (bicyclic) bond motifs is 1. The molecule has 2 heterocycles. The van der Waals surface area contributed by atoms with Crippen molar-refractivity contribution in [3.8, 4) is 0 Å². The number of hydrogen-bond donors (Lipinski definition) is 2. The first kappa shape index (κ1) is 13.4. The van der Waals surface area contributed by atoms with E-state index in [9.17, 15) is 4.79 Å². The molecule has 102 valence electrons. The van der Waals surface area contributed by atoms with E-state index >= 15 is 0 Å². The maximum absolute atomic E-state index is 11.3. The molecule has 2 atom stereocenters. The summed E-state index contributed by atoms with van der Waals surface area (Å²) in [5.41, 5.74) is 2.32. The minimum Gasteiger partial charge on any atom is -0.374 e. The van der Waals surface area contributed by atoms with Crippen LogP contribution < -0.4 is 5.69 Å². The maximum Gasteiger partial charge on any atom is 0.323 e. The molecule has 1 saturated heterocycles. The van der Waals surface area contributed by atoms with Gasteiger partial charge in [0.15, 0.2) is 0 Å². The number of halogens is 2. The molecule has 0 radical (unpaired) electrons. The van der Waals surface area contributed by atoms with Crippen LogP contribution in [0.3, 0.4) is 0 Å². The number of aromatic amines is 2. The van der Waals surface area contributed by atoms with E-state index in [-0.39, 0.29) is 16.1 Å². The molecule has 0 spiro atoms. The van der Waals surface area contributed by atoms with Crippen LogP contribution in [-0.2, 0) is 4.74 Å². The van der Waals surface area contributed by atoms with E-state index in [1.807, 2.05) is 12.1 Å². The second-order valence-corrected chi connectivity index (χ2v) is 6.90. The van der Waals surface area contributed by atoms with Crippen molar-refractivity contribution < 1.29 is 4.74 Å². The Labute approximate surface area is 127 Å². The summed E-state index contributed by atoms with van der Waals surface area (Å²) < 4.78 is 6.85. The van der Waals surface area contributed by atoms with E-state index in [2.05, 4.69) is 48.8 Å². The lowest BCUT2D eigenvalue weighted by molar-refractivity contribution is 0.0196. The summed E-state index contributed by atoms with van der Waals surface area (Å²) in [7, 11) is 0. The van der Waals surface area contributed by atoms with Gasteiger partial charge in [0.1, 0.15) is 0 Å². The fraction of sp³-hybridized carbons (Fsp3) is 0.462. The third-order valence-electron chi connectivity index (χ3n) is 3.69. The van der Waals surface area contributed by atoms with Gasteiger partial charge in [0.25, 0.3) is 0 Å². The van der Waals surface area contributed by atoms with E-state index in [0.717, 1.165) is 40.5 Å². The summed E-state index contributed by atoms with van der Waals surface area (Å²) in [6.07, 6.45) is 2.11. The Bertz CT molecular complexity index is 671. The number of nitrogens with one attached hydrogen (secondary N) is 2. The van der Waals surface area contributed by atoms with Crippen LogP contribution in [0.15, 0.2) is 21.4 Å². The molecule has 3 rings (SSSR count). The van der Waals surface area contributed by atoms with Gasteiger partial charge < -0.3 is 14.7 Å². The standard InChI is InChI=1S/C13H14Br2N2O2/c1-13(3-2-4-19-13)11(15)7-5-9-10(6-8(7)14)17-12(18)16-9/h5-6,11H,2-4H2,1H3,(H2,16,17,18). The molecule has 2 aromatic rings. The largest absolute Gasteiger partial charge is 0.374 e. The maximum atomic E-state index is 11.3. The second kappa shape index (κ2) is 4.75. The van der Waals surface area contributed by atoms with Gasteiger partial charge in [-0.25, -0.2) is 4.79 Å². The zero-order valence-corrected chi connectivity index (χ0v) is 13.6. The van der Waals surface area contributed by atoms with E-state index in [1.165, 1.54) is 0 Å². The number of ether oxygens (including phenoxy) is 1. The van der Waals surface area contributed by atoms with Crippen LogP contribution >= 0.6 is 31.9 Å². The van der Waals surface area contributed by atoms with E-state index in [1.54, 1.807) is 0 Å². The lowest BCUT2D eigenvalue weighted by Gasteiger charge is -2.30. The Hall–Kier alpha value is -0.590. The summed E-state index contributed by atoms with van der Waals surface area (Å²) in [5, 5.41) is 0. The van der Waals surface area contributed by atoms with Crippen LogP contribution in [0.2, 0.25) is 0 Å². The van der Waals surface area contributed by atoms with Crippen molar-refractivity contribution in [1.82, 2.24) is 9.97 Å². The van der Waals surface area contributed by atoms with Crippen molar-refractivity contribution in [3.05, 3.63) is 32.7 Å². The van der Waals surface area contributed by atoms with E-state index in [0.29, 0.717) is 0 Å². The summed E-state index contributed by atoms with van der Waals surface area (Å²) in [5.74, 6) is 0. The van der Waals surface area contributed by atoms with Gasteiger partial charge >= 0.3 is 5.69 Å². The monoisotopic (exact) mass is 388 g/mol. The molecule has 1 fully saturated rings. The van der Waals surface area contributed by atoms with Gasteiger partial charge in [-0.1, -0.05) is 31.9 Å². The highest BCUT2D eigenvalue weighted by atomic mass is 79.9. The quantitative estimate of drug-likeness (QED) is 0.770. The van der Waals surface area contributed by atoms with Gasteiger partial charge in [0.05, 0.1) is 21.5 Å². The Morgan fingerprint density at radius 2 is 2.05 bits per heavy atom. The van der Waals surface area contributed by atoms with Gasteiger partial charge in [-0.05, 0) is 37.5 Å². The highest BCUT2D eigenvalue weighted by Crippen LogP contribution is 2.45. The minimum absolute atomic E-state index is 0.0830. The number of alkyl halides is 1. The van der Waals surface area contributed by atoms with Crippen molar-refractivity contribution in [2.75, 3.05) is 6.61 Å². The van der Waals surface area contributed by atoms with E-state index < -0.39 is 0 Å². The molecule has 1 aliphatic rings. The second-order valence-electron chi connectivity index (χ2n) is 5.13. The molecule has 0 saturated carbocycles. The van der Waals surface area contributed by atoms with Gasteiger partial charge in [0, 0.05) is 11.1 Å². The minimum atomic E-state index is -0.202. The van der Waals surface area contributed by atoms with Crippen molar-refractivity contribution in [2.24, 2.45) is 0 Å². The molecule has 2 unspecified atom stereocenters. The average molecular weight is 390 g/mol. The third kappa shape index (κ3) is 2.30. The van der Waals surface area contributed by atoms with Crippen LogP contribution in [0, 0.1) is 0 Å². The molecule has 0 bridgehead atoms. The molecule has 19 heavy (non-hydrogen) atoms. The summed E-state index contributed by atoms with van der Waals surface area (Å²) in [6, 6.07) is 3.92. The van der Waals surface area contributed by atoms with Gasteiger partial charge in [0.2, 0.25) is 0 Å². The zero-order chi connectivity index (χ0) is 13.6. The molecule has 0 amide bonds. The molecular formula is C13H14Br2N2O2. The van der Waals surface area contributed by atoms with Gasteiger partial charge in [-0.3, -0.25) is 0 Å². The predicted octanol–water partition coefficient (Wildman–Crippen LogP) is 3.62. The van der Waals surface area contributed by atoms with Gasteiger partial charge in [-0.2, -0.15) is 0 Å². The van der Waals surface area contributed by atoms with Crippen LogP contribution in [0.4, 0.5) is 0 Å². The summed E-state index contributed by atoms with van der Waals surface area (Å²) in [4.78, 5) is 17.0. The first-order valence-corrected chi connectivity index (χ1v) is 7.90. The molecule has 6 heteroatoms. The third-order valence-corrected chi connectivity index (χ3v) is 5.84. The Balaban J connectivity index is 2.08. The smallest absolute Gasteiger partial charge is 0.323 e. The number of hydrogen-bond acceptors (Lipinski definition) is 2. The Kier molecular flexibility index (Phi) is 3.35. The van der Waals surface area contributed by atoms with Crippen molar-refractivity contribution in [3.63, 3.8) is 0 Å². The number of H-pyrrole nitrogens is 2. The fourth-order valence-corrected chi connectivity index (χ4v) is 4.22. The first-order valence-electron chi connectivity index (χ1n) is 6.19. The topological polar surface area (TPSA) is 57.9 Å². The molecule has 0 aliphatic carbocycles. The highest BCUT2D eigenvalue weighted by molar-refractivity contribution is 9.11. The highest BCUT2D eigenvalue weighted by Gasteiger charge is 2.38. The predicted molar refractivity (Wildman–Crippen MR) is 81.9 cm³/mol. The molecule has 1 aliphatic heterocycles. The lowest BCUT2D eigenvalue weighted by atomic mass is 9.93. The van der Waals surface area contributed by atoms with Crippen molar-refractivity contribution in [2.45, 2.75) is 30.2 Å². The Morgan fingerprint density at radius 3 is 2.68 bits per heavy atom. The first-order chi connectivity index (χ1) is 8.99. The average Bonchev–Trinajstić information content (AvgIpc) is 2.93. The molecule has 1 aromatic carbocycles. The van der Waals surface area contributed by atoms with Gasteiger partial charge in [-0.15, -0.1) is 0 Å². The summed E-state index contributed by atoms with van der Waals surface area (Å²) >= 11 is 7.33. The number of benzene rings is 1. The van der Waals surface area contributed by atoms with E-state index in [4.69, 9.17) is 4.74 Å². The SMILES string of the molecule is CC1(C(Br)c2cc3[nH]c(=O)[nH]c3cc2Br)CCCO1. The van der Waals surface area contributed by atoms with Crippen LogP contribution in [0.5, 0.6) is 0 Å². The normalized spacial score (nSPS) is 25.0. The van der Waals surface area contributed by atoms with Crippen molar-refractivity contribution in [1.29, 1.82) is 0 Å². The fourth-order valence-electron chi connectivity index (χ4n) is 2.60. The zero-order valence-electron chi connectivity index (χ0n) is 10.4. The number of aromatic nitrogens is 2. The number of imidazole rings is 1. The molecule has 2 N–H and O–H groups in total. The summed E-state index contributed by atoms with van der Waals surface area (Å²) in [6.45, 7) is 2.93. The Morgan fingerprint density at radius 1 is 1.37 bits per heavy atom. The van der Waals surface area contributed by atoms with Crippen molar-refractivity contribution >= 4 is 42.9 Å². The number of rotatable bonds is 2. The van der Waals surface area contributed by atoms with Crippen LogP contribution in [0.25, 0.3) is 11.0 Å². The lowest BCUT2D eigenvalue weighted by Crippen LogP contribution is -2.28.